The summed E-state index contributed by atoms with van der Waals surface area (Å²) < 4.78 is 0. The molecule has 1 aliphatic heterocycles. The SMILES string of the molecule is C#CCN1CCC(NC2CCC(C)(C)C2)CC1. The van der Waals surface area contributed by atoms with Crippen LogP contribution in [0.5, 0.6) is 0 Å². The Hall–Kier alpha value is -0.520. The Morgan fingerprint density at radius 3 is 2.47 bits per heavy atom. The first kappa shape index (κ1) is 12.9. The number of likely N-dealkylation sites (tertiary alicyclic amines) is 1. The van der Waals surface area contributed by atoms with Crippen molar-refractivity contribution in [3.63, 3.8) is 0 Å². The first-order chi connectivity index (χ1) is 8.09. The molecular weight excluding hydrogens is 208 g/mol. The molecule has 1 heterocycles. The molecule has 0 radical (unpaired) electrons. The number of nitrogens with one attached hydrogen (secondary N) is 1. The summed E-state index contributed by atoms with van der Waals surface area (Å²) in [5, 5.41) is 3.86. The molecular formula is C15H26N2. The zero-order chi connectivity index (χ0) is 12.3. The molecule has 1 unspecified atom stereocenters. The molecule has 2 heteroatoms. The van der Waals surface area contributed by atoms with E-state index in [9.17, 15) is 0 Å². The first-order valence-electron chi connectivity index (χ1n) is 7.01. The highest BCUT2D eigenvalue weighted by Gasteiger charge is 2.32. The second-order valence-corrected chi connectivity index (χ2v) is 6.53. The summed E-state index contributed by atoms with van der Waals surface area (Å²) in [6.07, 6.45) is 12.0. The van der Waals surface area contributed by atoms with Crippen LogP contribution < -0.4 is 5.32 Å². The average molecular weight is 234 g/mol. The van der Waals surface area contributed by atoms with Crippen molar-refractivity contribution < 1.29 is 0 Å². The second-order valence-electron chi connectivity index (χ2n) is 6.53. The maximum atomic E-state index is 5.35. The number of piperidine rings is 1. The van der Waals surface area contributed by atoms with E-state index in [0.717, 1.165) is 31.7 Å². The van der Waals surface area contributed by atoms with E-state index < -0.39 is 0 Å². The summed E-state index contributed by atoms with van der Waals surface area (Å²) >= 11 is 0. The van der Waals surface area contributed by atoms with Gasteiger partial charge in [-0.1, -0.05) is 19.8 Å². The standard InChI is InChI=1S/C15H26N2/c1-4-9-17-10-6-13(7-11-17)16-14-5-8-15(2,3)12-14/h1,13-14,16H,5-12H2,2-3H3. The zero-order valence-corrected chi connectivity index (χ0v) is 11.3. The smallest absolute Gasteiger partial charge is 0.0598 e. The highest BCUT2D eigenvalue weighted by molar-refractivity contribution is 4.92. The quantitative estimate of drug-likeness (QED) is 0.754. The van der Waals surface area contributed by atoms with Gasteiger partial charge in [-0.25, -0.2) is 0 Å². The lowest BCUT2D eigenvalue weighted by atomic mass is 9.91. The van der Waals surface area contributed by atoms with E-state index in [4.69, 9.17) is 6.42 Å². The summed E-state index contributed by atoms with van der Waals surface area (Å²) in [5.41, 5.74) is 0.557. The molecule has 0 aromatic carbocycles. The van der Waals surface area contributed by atoms with Gasteiger partial charge < -0.3 is 5.32 Å². The molecule has 2 aliphatic rings. The fourth-order valence-corrected chi connectivity index (χ4v) is 3.30. The van der Waals surface area contributed by atoms with Crippen LogP contribution >= 0.6 is 0 Å². The van der Waals surface area contributed by atoms with E-state index in [0.29, 0.717) is 5.41 Å². The normalized spacial score (nSPS) is 30.3. The van der Waals surface area contributed by atoms with Gasteiger partial charge in [0.05, 0.1) is 6.54 Å². The van der Waals surface area contributed by atoms with Crippen LogP contribution in [0.3, 0.4) is 0 Å². The topological polar surface area (TPSA) is 15.3 Å². The number of rotatable bonds is 3. The average Bonchev–Trinajstić information content (AvgIpc) is 2.61. The predicted octanol–water partition coefficient (Wildman–Crippen LogP) is 2.25. The van der Waals surface area contributed by atoms with E-state index in [-0.39, 0.29) is 0 Å². The maximum absolute atomic E-state index is 5.35. The minimum atomic E-state index is 0.557. The molecule has 96 valence electrons. The van der Waals surface area contributed by atoms with Crippen LogP contribution in [0.15, 0.2) is 0 Å². The lowest BCUT2D eigenvalue weighted by molar-refractivity contribution is 0.207. The molecule has 1 atom stereocenters. The third-order valence-corrected chi connectivity index (χ3v) is 4.34. The number of hydrogen-bond donors (Lipinski definition) is 1. The van der Waals surface area contributed by atoms with Gasteiger partial charge in [-0.3, -0.25) is 4.90 Å². The molecule has 0 aromatic rings. The highest BCUT2D eigenvalue weighted by atomic mass is 15.1. The highest BCUT2D eigenvalue weighted by Crippen LogP contribution is 2.37. The van der Waals surface area contributed by atoms with Crippen molar-refractivity contribution in [2.45, 2.75) is 58.0 Å². The Kier molecular flexibility index (Phi) is 4.12. The molecule has 0 bridgehead atoms. The first-order valence-corrected chi connectivity index (χ1v) is 7.01. The Morgan fingerprint density at radius 2 is 1.94 bits per heavy atom. The molecule has 0 spiro atoms. The van der Waals surface area contributed by atoms with Crippen LogP contribution in [-0.2, 0) is 0 Å². The van der Waals surface area contributed by atoms with E-state index in [1.54, 1.807) is 0 Å². The molecule has 17 heavy (non-hydrogen) atoms. The summed E-state index contributed by atoms with van der Waals surface area (Å²) in [4.78, 5) is 2.39. The van der Waals surface area contributed by atoms with Gasteiger partial charge in [0, 0.05) is 25.2 Å². The van der Waals surface area contributed by atoms with Crippen molar-refractivity contribution in [2.75, 3.05) is 19.6 Å². The van der Waals surface area contributed by atoms with Crippen LogP contribution in [0.25, 0.3) is 0 Å². The Balaban J connectivity index is 1.70. The van der Waals surface area contributed by atoms with Crippen LogP contribution in [0, 0.1) is 17.8 Å². The molecule has 1 saturated heterocycles. The third-order valence-electron chi connectivity index (χ3n) is 4.34. The minimum Gasteiger partial charge on any atom is -0.311 e. The molecule has 1 saturated carbocycles. The van der Waals surface area contributed by atoms with E-state index >= 15 is 0 Å². The van der Waals surface area contributed by atoms with Crippen LogP contribution in [0.4, 0.5) is 0 Å². The predicted molar refractivity (Wildman–Crippen MR) is 72.9 cm³/mol. The third kappa shape index (κ3) is 3.72. The van der Waals surface area contributed by atoms with Crippen molar-refractivity contribution in [3.05, 3.63) is 0 Å². The number of terminal acetylenes is 1. The number of hydrogen-bond acceptors (Lipinski definition) is 2. The van der Waals surface area contributed by atoms with Gasteiger partial charge in [0.2, 0.25) is 0 Å². The van der Waals surface area contributed by atoms with Gasteiger partial charge in [-0.2, -0.15) is 0 Å². The molecule has 0 aromatic heterocycles. The largest absolute Gasteiger partial charge is 0.311 e. The zero-order valence-electron chi connectivity index (χ0n) is 11.3. The Morgan fingerprint density at radius 1 is 1.24 bits per heavy atom. The van der Waals surface area contributed by atoms with E-state index in [2.05, 4.69) is 30.0 Å². The van der Waals surface area contributed by atoms with Gasteiger partial charge in [0.25, 0.3) is 0 Å². The van der Waals surface area contributed by atoms with Crippen molar-refractivity contribution in [2.24, 2.45) is 5.41 Å². The van der Waals surface area contributed by atoms with Crippen LogP contribution in [0.1, 0.15) is 46.0 Å². The molecule has 2 fully saturated rings. The van der Waals surface area contributed by atoms with Crippen molar-refractivity contribution in [3.8, 4) is 12.3 Å². The molecule has 1 aliphatic carbocycles. The van der Waals surface area contributed by atoms with Gasteiger partial charge >= 0.3 is 0 Å². The van der Waals surface area contributed by atoms with E-state index in [1.807, 2.05) is 0 Å². The summed E-state index contributed by atoms with van der Waals surface area (Å²) in [6.45, 7) is 7.94. The second kappa shape index (κ2) is 5.42. The summed E-state index contributed by atoms with van der Waals surface area (Å²) in [7, 11) is 0. The maximum Gasteiger partial charge on any atom is 0.0598 e. The fraction of sp³-hybridized carbons (Fsp3) is 0.867. The van der Waals surface area contributed by atoms with Crippen LogP contribution in [0.2, 0.25) is 0 Å². The lowest BCUT2D eigenvalue weighted by Gasteiger charge is -2.33. The molecule has 2 rings (SSSR count). The van der Waals surface area contributed by atoms with Gasteiger partial charge in [-0.05, 0) is 37.5 Å². The van der Waals surface area contributed by atoms with Gasteiger partial charge in [0.15, 0.2) is 0 Å². The lowest BCUT2D eigenvalue weighted by Crippen LogP contribution is -2.45. The van der Waals surface area contributed by atoms with E-state index in [1.165, 1.54) is 32.1 Å². The monoisotopic (exact) mass is 234 g/mol. The van der Waals surface area contributed by atoms with Crippen LogP contribution in [-0.4, -0.2) is 36.6 Å². The molecule has 1 N–H and O–H groups in total. The Bertz CT molecular complexity index is 282. The minimum absolute atomic E-state index is 0.557. The van der Waals surface area contributed by atoms with Crippen molar-refractivity contribution in [1.29, 1.82) is 0 Å². The molecule has 0 amide bonds. The number of nitrogens with zero attached hydrogens (tertiary/aromatic N) is 1. The summed E-state index contributed by atoms with van der Waals surface area (Å²) in [5.74, 6) is 2.74. The fourth-order valence-electron chi connectivity index (χ4n) is 3.30. The van der Waals surface area contributed by atoms with Gasteiger partial charge in [-0.15, -0.1) is 6.42 Å². The summed E-state index contributed by atoms with van der Waals surface area (Å²) in [6, 6.07) is 1.48. The Labute approximate surface area is 106 Å². The van der Waals surface area contributed by atoms with Crippen molar-refractivity contribution >= 4 is 0 Å². The van der Waals surface area contributed by atoms with Gasteiger partial charge in [0.1, 0.15) is 0 Å². The van der Waals surface area contributed by atoms with Crippen molar-refractivity contribution in [1.82, 2.24) is 10.2 Å². The molecule has 2 nitrogen and oxygen atoms in total.